The Morgan fingerprint density at radius 1 is 0.955 bits per heavy atom. The van der Waals surface area contributed by atoms with Gasteiger partial charge in [-0.05, 0) is 0 Å². The first-order chi connectivity index (χ1) is 12.8. The number of esters is 2. The Labute approximate surface area is 138 Å². The molecule has 0 N–H and O–H groups in total. The van der Waals surface area contributed by atoms with Crippen LogP contribution < -0.4 is 0 Å². The maximum atomic E-state index is 11.4. The van der Waals surface area contributed by atoms with E-state index in [4.69, 9.17) is 35.3 Å². The van der Waals surface area contributed by atoms with E-state index in [2.05, 4.69) is 0 Å². The summed E-state index contributed by atoms with van der Waals surface area (Å²) in [4.78, 5) is 22.6. The number of carbonyl (C=O) groups excluding carboxylic acids is 2. The smallest absolute Gasteiger partial charge is 0.303 e. The van der Waals surface area contributed by atoms with Crippen molar-refractivity contribution in [2.75, 3.05) is 41.5 Å². The summed E-state index contributed by atoms with van der Waals surface area (Å²) < 4.78 is 67.4. The summed E-state index contributed by atoms with van der Waals surface area (Å²) in [6, 6.07) is 0. The van der Waals surface area contributed by atoms with Gasteiger partial charge in [-0.1, -0.05) is 0 Å². The van der Waals surface area contributed by atoms with Crippen LogP contribution in [0.25, 0.3) is 0 Å². The lowest BCUT2D eigenvalue weighted by Crippen LogP contribution is -2.51. The molecule has 0 aliphatic rings. The van der Waals surface area contributed by atoms with Gasteiger partial charge in [0, 0.05) is 42.2 Å². The van der Waals surface area contributed by atoms with Crippen molar-refractivity contribution in [3.63, 3.8) is 0 Å². The minimum absolute atomic E-state index is 0.282. The van der Waals surface area contributed by atoms with Crippen molar-refractivity contribution < 1.29 is 44.9 Å². The highest BCUT2D eigenvalue weighted by molar-refractivity contribution is 5.66. The molecule has 0 aromatic carbocycles. The minimum Gasteiger partial charge on any atom is -0.463 e. The normalized spacial score (nSPS) is 20.9. The molecule has 0 spiro atoms. The zero-order valence-corrected chi connectivity index (χ0v) is 12.7. The molecule has 0 aliphatic heterocycles. The molecule has 1 unspecified atom stereocenters. The van der Waals surface area contributed by atoms with Crippen molar-refractivity contribution in [2.24, 2.45) is 0 Å². The predicted molar refractivity (Wildman–Crippen MR) is 76.5 cm³/mol. The molecular weight excluding hydrogens is 296 g/mol. The molecule has 0 amide bonds. The second-order valence-corrected chi connectivity index (χ2v) is 4.16. The maximum absolute atomic E-state index is 11.4. The first-order valence-electron chi connectivity index (χ1n) is 9.59. The van der Waals surface area contributed by atoms with Crippen LogP contribution in [0.3, 0.4) is 0 Å². The van der Waals surface area contributed by atoms with Gasteiger partial charge < -0.3 is 28.4 Å². The molecular formula is C14H26O8. The van der Waals surface area contributed by atoms with Crippen molar-refractivity contribution in [1.29, 1.82) is 0 Å². The summed E-state index contributed by atoms with van der Waals surface area (Å²) in [7, 11) is -2.25. The van der Waals surface area contributed by atoms with Gasteiger partial charge in [-0.2, -0.15) is 0 Å². The first kappa shape index (κ1) is 13.2. The van der Waals surface area contributed by atoms with Gasteiger partial charge >= 0.3 is 11.9 Å². The van der Waals surface area contributed by atoms with Crippen LogP contribution in [0.4, 0.5) is 0 Å². The molecule has 0 aromatic heterocycles. The van der Waals surface area contributed by atoms with E-state index in [0.29, 0.717) is 0 Å². The number of hydrogen-bond acceptors (Lipinski definition) is 8. The summed E-state index contributed by atoms with van der Waals surface area (Å²) in [5, 5.41) is 0. The second kappa shape index (κ2) is 11.4. The van der Waals surface area contributed by atoms with Crippen LogP contribution in [-0.4, -0.2) is 77.9 Å². The highest BCUT2D eigenvalue weighted by Gasteiger charge is 2.38. The fraction of sp³-hybridized carbons (Fsp3) is 0.857. The molecule has 0 bridgehead atoms. The monoisotopic (exact) mass is 327 g/mol. The SMILES string of the molecule is [2H]COC[C@@H](OC(C)=O)[C@H](OC[2H])[C@H](OC[2H])[C@@H](OC[2H])C([2H])OC(C)=O. The van der Waals surface area contributed by atoms with Crippen molar-refractivity contribution in [2.45, 2.75) is 38.3 Å². The van der Waals surface area contributed by atoms with Crippen LogP contribution in [-0.2, 0) is 38.0 Å². The summed E-state index contributed by atoms with van der Waals surface area (Å²) >= 11 is 0. The van der Waals surface area contributed by atoms with Crippen molar-refractivity contribution >= 4 is 11.9 Å². The van der Waals surface area contributed by atoms with E-state index in [1.165, 1.54) is 0 Å². The van der Waals surface area contributed by atoms with E-state index < -0.39 is 71.3 Å². The second-order valence-electron chi connectivity index (χ2n) is 4.16. The predicted octanol–water partition coefficient (Wildman–Crippen LogP) is 0.173. The fourth-order valence-electron chi connectivity index (χ4n) is 1.69. The highest BCUT2D eigenvalue weighted by atomic mass is 16.6. The van der Waals surface area contributed by atoms with Gasteiger partial charge in [0.05, 0.1) is 13.5 Å². The molecule has 0 heterocycles. The van der Waals surface area contributed by atoms with Crippen LogP contribution in [0.5, 0.6) is 0 Å². The molecule has 130 valence electrons. The number of methoxy groups -OCH3 is 4. The number of rotatable bonds is 11. The van der Waals surface area contributed by atoms with Gasteiger partial charge in [-0.3, -0.25) is 9.59 Å². The molecule has 0 fully saturated rings. The maximum Gasteiger partial charge on any atom is 0.303 e. The van der Waals surface area contributed by atoms with Gasteiger partial charge in [0.25, 0.3) is 0 Å². The molecule has 8 nitrogen and oxygen atoms in total. The molecule has 8 heteroatoms. The lowest BCUT2D eigenvalue weighted by molar-refractivity contribution is -0.185. The number of hydrogen-bond donors (Lipinski definition) is 0. The van der Waals surface area contributed by atoms with Crippen LogP contribution in [0.15, 0.2) is 0 Å². The first-order valence-corrected chi connectivity index (χ1v) is 6.18. The number of ether oxygens (including phenoxy) is 6. The van der Waals surface area contributed by atoms with Crippen molar-refractivity contribution in [1.82, 2.24) is 0 Å². The summed E-state index contributed by atoms with van der Waals surface area (Å²) in [6.07, 6.45) is -5.08. The van der Waals surface area contributed by atoms with E-state index in [-0.39, 0.29) is 6.61 Å². The Hall–Kier alpha value is -1.22. The summed E-state index contributed by atoms with van der Waals surface area (Å²) in [6.45, 7) is 0.308. The summed E-state index contributed by atoms with van der Waals surface area (Å²) in [5.74, 6) is -1.47. The van der Waals surface area contributed by atoms with E-state index in [9.17, 15) is 9.59 Å². The Balaban J connectivity index is 5.77. The molecule has 0 radical (unpaired) electrons. The van der Waals surface area contributed by atoms with Crippen molar-refractivity contribution in [3.8, 4) is 0 Å². The third-order valence-corrected chi connectivity index (χ3v) is 2.56. The van der Waals surface area contributed by atoms with Gasteiger partial charge in [0.15, 0.2) is 6.10 Å². The highest BCUT2D eigenvalue weighted by Crippen LogP contribution is 2.17. The zero-order chi connectivity index (χ0) is 20.8. The third-order valence-electron chi connectivity index (χ3n) is 2.56. The largest absolute Gasteiger partial charge is 0.463 e. The molecule has 0 rings (SSSR count). The van der Waals surface area contributed by atoms with Crippen LogP contribution in [0, 0.1) is 0 Å². The van der Waals surface area contributed by atoms with Crippen LogP contribution in [0.2, 0.25) is 0 Å². The molecule has 0 saturated heterocycles. The van der Waals surface area contributed by atoms with Gasteiger partial charge in [0.1, 0.15) is 24.9 Å². The lowest BCUT2D eigenvalue weighted by atomic mass is 10.0. The molecule has 0 saturated carbocycles. The Morgan fingerprint density at radius 2 is 1.59 bits per heavy atom. The van der Waals surface area contributed by atoms with E-state index in [1.807, 2.05) is 0 Å². The van der Waals surface area contributed by atoms with E-state index >= 15 is 0 Å². The Kier molecular flexibility index (Phi) is 6.84. The molecule has 5 atom stereocenters. The Morgan fingerprint density at radius 3 is 2.09 bits per heavy atom. The van der Waals surface area contributed by atoms with Crippen LogP contribution >= 0.6 is 0 Å². The average Bonchev–Trinajstić information content (AvgIpc) is 2.59. The number of carbonyl (C=O) groups is 2. The average molecular weight is 327 g/mol. The zero-order valence-electron chi connectivity index (χ0n) is 17.7. The van der Waals surface area contributed by atoms with E-state index in [0.717, 1.165) is 13.8 Å². The lowest BCUT2D eigenvalue weighted by Gasteiger charge is -2.34. The van der Waals surface area contributed by atoms with Crippen molar-refractivity contribution in [3.05, 3.63) is 0 Å². The van der Waals surface area contributed by atoms with E-state index in [1.54, 1.807) is 0 Å². The van der Waals surface area contributed by atoms with Gasteiger partial charge in [-0.15, -0.1) is 0 Å². The standard InChI is InChI=1S/C14H26O8/c1-9(15)21-8-11(18-4)13(19-5)14(20-6)12(7-17-3)22-10(2)16/h11-14H,7-8H2,1-6H3/t11-,12+,13+,14-/m0/s1/i3D,4D,5D,6D,8D/t8?,11-,12+,13+,14-. The minimum atomic E-state index is -1.63. The molecule has 0 aromatic rings. The fourth-order valence-corrected chi connectivity index (χ4v) is 1.69. The summed E-state index contributed by atoms with van der Waals surface area (Å²) in [5.41, 5.74) is 0. The van der Waals surface area contributed by atoms with Gasteiger partial charge in [-0.25, -0.2) is 0 Å². The molecule has 0 aliphatic carbocycles. The van der Waals surface area contributed by atoms with Crippen LogP contribution in [0.1, 0.15) is 20.7 Å². The third kappa shape index (κ3) is 7.17. The Bertz CT molecular complexity index is 430. The quantitative estimate of drug-likeness (QED) is 0.496. The van der Waals surface area contributed by atoms with Gasteiger partial charge in [0.2, 0.25) is 0 Å². The molecule has 22 heavy (non-hydrogen) atoms. The topological polar surface area (TPSA) is 89.5 Å².